The highest BCUT2D eigenvalue weighted by Gasteiger charge is 2.18. The fourth-order valence-corrected chi connectivity index (χ4v) is 3.18. The number of alkyl halides is 1. The zero-order valence-corrected chi connectivity index (χ0v) is 13.4. The summed E-state index contributed by atoms with van der Waals surface area (Å²) in [6.07, 6.45) is 3.15. The van der Waals surface area contributed by atoms with Gasteiger partial charge in [0, 0.05) is 0 Å². The van der Waals surface area contributed by atoms with Crippen LogP contribution < -0.4 is 0 Å². The second-order valence-corrected chi connectivity index (χ2v) is 5.60. The Kier molecular flexibility index (Phi) is 5.25. The molecule has 0 aliphatic carbocycles. The van der Waals surface area contributed by atoms with Gasteiger partial charge in [-0.2, -0.15) is 0 Å². The van der Waals surface area contributed by atoms with Gasteiger partial charge in [0.15, 0.2) is 0 Å². The molecule has 1 atom stereocenters. The predicted octanol–water partition coefficient (Wildman–Crippen LogP) is 5.70. The number of aryl methyl sites for hydroxylation is 3. The summed E-state index contributed by atoms with van der Waals surface area (Å²) >= 11 is 6.79. The van der Waals surface area contributed by atoms with Gasteiger partial charge in [-0.1, -0.05) is 63.2 Å². The Bertz CT molecular complexity index is 532. The highest BCUT2D eigenvalue weighted by Crippen LogP contribution is 2.35. The molecule has 0 spiro atoms. The van der Waals surface area contributed by atoms with Gasteiger partial charge in [0.05, 0.1) is 5.38 Å². The van der Waals surface area contributed by atoms with Crippen molar-refractivity contribution in [3.63, 3.8) is 0 Å². The standard InChI is InChI=1S/C19H23Cl/c1-4-14-12-15(5-2)18(16(6-3)13-14)19(20)17-10-8-7-9-11-17/h7-13,19H,4-6H2,1-3H3. The normalized spacial score (nSPS) is 12.4. The van der Waals surface area contributed by atoms with Gasteiger partial charge in [-0.05, 0) is 47.1 Å². The third-order valence-corrected chi connectivity index (χ3v) is 4.40. The van der Waals surface area contributed by atoms with E-state index in [1.54, 1.807) is 0 Å². The molecule has 1 unspecified atom stereocenters. The van der Waals surface area contributed by atoms with Crippen molar-refractivity contribution in [3.8, 4) is 0 Å². The minimum absolute atomic E-state index is 0.0491. The lowest BCUT2D eigenvalue weighted by molar-refractivity contribution is 0.964. The lowest BCUT2D eigenvalue weighted by Crippen LogP contribution is -2.05. The van der Waals surface area contributed by atoms with Gasteiger partial charge in [0.25, 0.3) is 0 Å². The van der Waals surface area contributed by atoms with Crippen LogP contribution in [0.15, 0.2) is 42.5 Å². The second-order valence-electron chi connectivity index (χ2n) is 5.16. The molecular weight excluding hydrogens is 264 g/mol. The number of halogens is 1. The molecule has 0 aliphatic rings. The third kappa shape index (κ3) is 3.07. The summed E-state index contributed by atoms with van der Waals surface area (Å²) in [5.41, 5.74) is 6.71. The molecule has 0 saturated carbocycles. The van der Waals surface area contributed by atoms with Gasteiger partial charge >= 0.3 is 0 Å². The lowest BCUT2D eigenvalue weighted by Gasteiger charge is -2.20. The number of rotatable bonds is 5. The van der Waals surface area contributed by atoms with Crippen molar-refractivity contribution in [1.82, 2.24) is 0 Å². The molecule has 0 saturated heterocycles. The first-order chi connectivity index (χ1) is 9.71. The average Bonchev–Trinajstić information content (AvgIpc) is 2.53. The minimum atomic E-state index is -0.0491. The molecule has 0 N–H and O–H groups in total. The summed E-state index contributed by atoms with van der Waals surface area (Å²) < 4.78 is 0. The molecule has 1 heteroatoms. The predicted molar refractivity (Wildman–Crippen MR) is 88.7 cm³/mol. The molecule has 106 valence electrons. The van der Waals surface area contributed by atoms with E-state index in [1.807, 2.05) is 6.07 Å². The van der Waals surface area contributed by atoms with E-state index < -0.39 is 0 Å². The van der Waals surface area contributed by atoms with Crippen molar-refractivity contribution in [1.29, 1.82) is 0 Å². The fraction of sp³-hybridized carbons (Fsp3) is 0.368. The molecule has 0 amide bonds. The van der Waals surface area contributed by atoms with Crippen molar-refractivity contribution < 1.29 is 0 Å². The van der Waals surface area contributed by atoms with Crippen LogP contribution in [0.4, 0.5) is 0 Å². The zero-order valence-electron chi connectivity index (χ0n) is 12.6. The lowest BCUT2D eigenvalue weighted by atomic mass is 9.89. The van der Waals surface area contributed by atoms with Gasteiger partial charge in [-0.25, -0.2) is 0 Å². The van der Waals surface area contributed by atoms with Crippen LogP contribution in [0.2, 0.25) is 0 Å². The Morgan fingerprint density at radius 2 is 1.40 bits per heavy atom. The molecule has 20 heavy (non-hydrogen) atoms. The first-order valence-electron chi connectivity index (χ1n) is 7.54. The number of hydrogen-bond donors (Lipinski definition) is 0. The Morgan fingerprint density at radius 3 is 1.85 bits per heavy atom. The van der Waals surface area contributed by atoms with E-state index in [2.05, 4.69) is 57.2 Å². The van der Waals surface area contributed by atoms with E-state index >= 15 is 0 Å². The summed E-state index contributed by atoms with van der Waals surface area (Å²) in [4.78, 5) is 0. The summed E-state index contributed by atoms with van der Waals surface area (Å²) in [6, 6.07) is 15.0. The molecule has 0 aliphatic heterocycles. The summed E-state index contributed by atoms with van der Waals surface area (Å²) in [6.45, 7) is 6.64. The maximum atomic E-state index is 6.79. The molecule has 2 aromatic carbocycles. The smallest absolute Gasteiger partial charge is 0.0840 e. The van der Waals surface area contributed by atoms with Crippen LogP contribution in [0.3, 0.4) is 0 Å². The van der Waals surface area contributed by atoms with E-state index in [0.29, 0.717) is 0 Å². The Labute approximate surface area is 127 Å². The van der Waals surface area contributed by atoms with Crippen molar-refractivity contribution in [2.45, 2.75) is 45.4 Å². The molecular formula is C19H23Cl. The molecule has 0 radical (unpaired) electrons. The first kappa shape index (κ1) is 15.1. The van der Waals surface area contributed by atoms with Gasteiger partial charge in [-0.15, -0.1) is 11.6 Å². The maximum Gasteiger partial charge on any atom is 0.0840 e. The Morgan fingerprint density at radius 1 is 0.850 bits per heavy atom. The van der Waals surface area contributed by atoms with Crippen molar-refractivity contribution in [2.24, 2.45) is 0 Å². The molecule has 2 rings (SSSR count). The molecule has 0 bridgehead atoms. The quantitative estimate of drug-likeness (QED) is 0.618. The van der Waals surface area contributed by atoms with Crippen molar-refractivity contribution >= 4 is 11.6 Å². The van der Waals surface area contributed by atoms with Gasteiger partial charge in [-0.3, -0.25) is 0 Å². The van der Waals surface area contributed by atoms with Crippen molar-refractivity contribution in [3.05, 3.63) is 70.3 Å². The van der Waals surface area contributed by atoms with Crippen LogP contribution in [0.25, 0.3) is 0 Å². The number of hydrogen-bond acceptors (Lipinski definition) is 0. The second kappa shape index (κ2) is 6.95. The summed E-state index contributed by atoms with van der Waals surface area (Å²) in [5, 5.41) is -0.0491. The van der Waals surface area contributed by atoms with E-state index in [1.165, 1.54) is 27.8 Å². The average molecular weight is 287 g/mol. The molecule has 0 nitrogen and oxygen atoms in total. The highest BCUT2D eigenvalue weighted by atomic mass is 35.5. The van der Waals surface area contributed by atoms with E-state index in [4.69, 9.17) is 11.6 Å². The van der Waals surface area contributed by atoms with Crippen molar-refractivity contribution in [2.75, 3.05) is 0 Å². The molecule has 2 aromatic rings. The van der Waals surface area contributed by atoms with Gasteiger partial charge in [0.2, 0.25) is 0 Å². The largest absolute Gasteiger partial charge is 0.113 e. The molecule has 0 heterocycles. The van der Waals surface area contributed by atoms with E-state index in [-0.39, 0.29) is 5.38 Å². The zero-order chi connectivity index (χ0) is 14.5. The van der Waals surface area contributed by atoms with Crippen LogP contribution >= 0.6 is 11.6 Å². The monoisotopic (exact) mass is 286 g/mol. The number of benzene rings is 2. The van der Waals surface area contributed by atoms with Gasteiger partial charge < -0.3 is 0 Å². The van der Waals surface area contributed by atoms with Gasteiger partial charge in [0.1, 0.15) is 0 Å². The van der Waals surface area contributed by atoms with Crippen LogP contribution in [-0.4, -0.2) is 0 Å². The topological polar surface area (TPSA) is 0 Å². The highest BCUT2D eigenvalue weighted by molar-refractivity contribution is 6.22. The van der Waals surface area contributed by atoms with Crippen LogP contribution in [0.1, 0.15) is 54.0 Å². The Balaban J connectivity index is 2.54. The maximum absolute atomic E-state index is 6.79. The summed E-state index contributed by atoms with van der Waals surface area (Å²) in [5.74, 6) is 0. The van der Waals surface area contributed by atoms with Crippen LogP contribution in [-0.2, 0) is 19.3 Å². The van der Waals surface area contributed by atoms with Crippen LogP contribution in [0.5, 0.6) is 0 Å². The Hall–Kier alpha value is -1.27. The fourth-order valence-electron chi connectivity index (χ4n) is 2.75. The first-order valence-corrected chi connectivity index (χ1v) is 7.98. The van der Waals surface area contributed by atoms with E-state index in [0.717, 1.165) is 19.3 Å². The molecule has 0 aromatic heterocycles. The third-order valence-electron chi connectivity index (χ3n) is 3.93. The van der Waals surface area contributed by atoms with Crippen LogP contribution in [0, 0.1) is 0 Å². The summed E-state index contributed by atoms with van der Waals surface area (Å²) in [7, 11) is 0. The minimum Gasteiger partial charge on any atom is -0.113 e. The van der Waals surface area contributed by atoms with E-state index in [9.17, 15) is 0 Å². The SMILES string of the molecule is CCc1cc(CC)c(C(Cl)c2ccccc2)c(CC)c1. The molecule has 0 fully saturated rings.